The highest BCUT2D eigenvalue weighted by atomic mass is 19.4. The first-order chi connectivity index (χ1) is 25.2. The zero-order valence-electron chi connectivity index (χ0n) is 29.1. The molecule has 0 bridgehead atoms. The van der Waals surface area contributed by atoms with Crippen LogP contribution in [0.3, 0.4) is 0 Å². The van der Waals surface area contributed by atoms with E-state index in [1.54, 1.807) is 13.8 Å². The molecule has 292 valence electrons. The number of aliphatic carboxylic acids is 2. The summed E-state index contributed by atoms with van der Waals surface area (Å²) in [6.45, 7) is 4.68. The van der Waals surface area contributed by atoms with Gasteiger partial charge in [0.2, 0.25) is 23.6 Å². The van der Waals surface area contributed by atoms with Crippen molar-refractivity contribution in [2.45, 2.75) is 83.2 Å². The third kappa shape index (κ3) is 11.6. The van der Waals surface area contributed by atoms with Crippen LogP contribution >= 0.6 is 0 Å². The number of carboxylic acids is 2. The smallest absolute Gasteiger partial charge is 0.417 e. The molecule has 2 heterocycles. The van der Waals surface area contributed by atoms with Gasteiger partial charge in [-0.25, -0.2) is 9.78 Å². The van der Waals surface area contributed by atoms with E-state index < -0.39 is 125 Å². The highest BCUT2D eigenvalue weighted by Gasteiger charge is 2.39. The Morgan fingerprint density at radius 1 is 0.963 bits per heavy atom. The Morgan fingerprint density at radius 2 is 1.61 bits per heavy atom. The number of H-pyrrole nitrogens is 1. The van der Waals surface area contributed by atoms with E-state index in [0.29, 0.717) is 4.90 Å². The monoisotopic (exact) mass is 765 g/mol. The first kappa shape index (κ1) is 42.1. The Labute approximate surface area is 303 Å². The van der Waals surface area contributed by atoms with Crippen LogP contribution in [0.5, 0.6) is 0 Å². The molecule has 5 amide bonds. The van der Waals surface area contributed by atoms with E-state index in [9.17, 15) is 61.7 Å². The van der Waals surface area contributed by atoms with Crippen LogP contribution in [0.2, 0.25) is 0 Å². The minimum atomic E-state index is -5.02. The summed E-state index contributed by atoms with van der Waals surface area (Å²) in [6, 6.07) is -3.88. The lowest BCUT2D eigenvalue weighted by Crippen LogP contribution is -2.60. The molecule has 54 heavy (non-hydrogen) atoms. The van der Waals surface area contributed by atoms with E-state index in [0.717, 1.165) is 25.1 Å². The predicted octanol–water partition coefficient (Wildman–Crippen LogP) is 0.824. The van der Waals surface area contributed by atoms with Gasteiger partial charge in [-0.15, -0.1) is 0 Å². The lowest BCUT2D eigenvalue weighted by molar-refractivity contribution is -0.140. The molecule has 3 rings (SSSR count). The number of nitrogens with one attached hydrogen (secondary N) is 4. The first-order valence-corrected chi connectivity index (χ1v) is 16.2. The van der Waals surface area contributed by atoms with Crippen molar-refractivity contribution >= 4 is 58.1 Å². The standard InChI is InChI=1S/C33H38F3N7O11/c1-15(2)8-22(40-16(3)44)31(52)41-21(6-7-26(45)46)30(51)42-23(9-17-13-38-14-39-17)32(53)43(24(29(37)50)12-27(47)48)18-4-5-19-20(33(34,35)36)11-28(49)54-25(19)10-18/h4-5,10-11,13-15,21-24H,6-9,12H2,1-3H3,(H2,37,50)(H,38,39)(H,40,44)(H,41,52)(H,42,51)(H,45,46)(H,47,48)/t21-,22-,23-,24-/m0/s1. The van der Waals surface area contributed by atoms with Crippen LogP contribution in [0.25, 0.3) is 11.0 Å². The quantitative estimate of drug-likeness (QED) is 0.0887. The highest BCUT2D eigenvalue weighted by molar-refractivity contribution is 6.06. The number of rotatable bonds is 18. The van der Waals surface area contributed by atoms with Gasteiger partial charge < -0.3 is 41.3 Å². The van der Waals surface area contributed by atoms with Gasteiger partial charge in [0.1, 0.15) is 29.8 Å². The molecular weight excluding hydrogens is 727 g/mol. The lowest BCUT2D eigenvalue weighted by atomic mass is 10.0. The fraction of sp³-hybridized carbons (Fsp3) is 0.424. The highest BCUT2D eigenvalue weighted by Crippen LogP contribution is 2.35. The van der Waals surface area contributed by atoms with Gasteiger partial charge in [-0.2, -0.15) is 13.2 Å². The van der Waals surface area contributed by atoms with Crippen LogP contribution < -0.4 is 32.2 Å². The third-order valence-electron chi connectivity index (χ3n) is 7.83. The van der Waals surface area contributed by atoms with Crippen LogP contribution in [0.15, 0.2) is 46.0 Å². The van der Waals surface area contributed by atoms with E-state index in [2.05, 4.69) is 25.9 Å². The zero-order chi connectivity index (χ0) is 40.5. The van der Waals surface area contributed by atoms with Crippen LogP contribution in [0.4, 0.5) is 18.9 Å². The molecule has 0 saturated heterocycles. The van der Waals surface area contributed by atoms with Gasteiger partial charge in [0, 0.05) is 54.9 Å². The Kier molecular flexibility index (Phi) is 14.0. The molecule has 0 radical (unpaired) electrons. The number of hydrogen-bond acceptors (Lipinski definition) is 10. The van der Waals surface area contributed by atoms with Crippen LogP contribution in [0, 0.1) is 5.92 Å². The molecule has 18 nitrogen and oxygen atoms in total. The second kappa shape index (κ2) is 18.0. The number of aromatic nitrogens is 2. The predicted molar refractivity (Wildman–Crippen MR) is 180 cm³/mol. The molecule has 0 aliphatic rings. The molecule has 0 fully saturated rings. The number of fused-ring (bicyclic) bond motifs is 1. The SMILES string of the molecule is CC(=O)N[C@@H](CC(C)C)C(=O)N[C@@H](CCC(=O)O)C(=O)N[C@@H](Cc1cnc[nH]1)C(=O)N(c1ccc2c(C(F)(F)F)cc(=O)oc2c1)[C@@H](CC(=O)O)C(N)=O. The molecule has 0 saturated carbocycles. The van der Waals surface area contributed by atoms with Gasteiger partial charge in [-0.1, -0.05) is 13.8 Å². The summed E-state index contributed by atoms with van der Waals surface area (Å²) in [5.74, 6) is -8.29. The Bertz CT molecular complexity index is 1950. The van der Waals surface area contributed by atoms with Gasteiger partial charge in [-0.3, -0.25) is 38.5 Å². The number of carbonyl (C=O) groups is 7. The average molecular weight is 766 g/mol. The van der Waals surface area contributed by atoms with Crippen molar-refractivity contribution in [3.05, 3.63) is 58.5 Å². The minimum absolute atomic E-state index is 0.117. The second-order valence-electron chi connectivity index (χ2n) is 12.6. The maximum absolute atomic E-state index is 14.5. The van der Waals surface area contributed by atoms with Crippen molar-refractivity contribution in [1.82, 2.24) is 25.9 Å². The number of alkyl halides is 3. The number of carboxylic acid groups (broad SMARTS) is 2. The number of benzene rings is 1. The molecule has 0 aliphatic heterocycles. The number of aromatic amines is 1. The van der Waals surface area contributed by atoms with E-state index in [1.807, 2.05) is 0 Å². The summed E-state index contributed by atoms with van der Waals surface area (Å²) in [7, 11) is 0. The molecular formula is C33H38F3N7O11. The van der Waals surface area contributed by atoms with Crippen LogP contribution in [0.1, 0.15) is 57.7 Å². The average Bonchev–Trinajstić information content (AvgIpc) is 3.57. The summed E-state index contributed by atoms with van der Waals surface area (Å²) in [4.78, 5) is 109. The minimum Gasteiger partial charge on any atom is -0.481 e. The fourth-order valence-electron chi connectivity index (χ4n) is 5.49. The summed E-state index contributed by atoms with van der Waals surface area (Å²) < 4.78 is 46.3. The number of nitrogens with zero attached hydrogens (tertiary/aromatic N) is 2. The number of carbonyl (C=O) groups excluding carboxylic acids is 5. The molecule has 0 unspecified atom stereocenters. The topological polar surface area (TPSA) is 284 Å². The maximum atomic E-state index is 14.5. The molecule has 1 aromatic carbocycles. The summed E-state index contributed by atoms with van der Waals surface area (Å²) in [6.07, 6.45) is -5.18. The van der Waals surface area contributed by atoms with Crippen molar-refractivity contribution in [3.63, 3.8) is 0 Å². The first-order valence-electron chi connectivity index (χ1n) is 16.2. The largest absolute Gasteiger partial charge is 0.481 e. The van der Waals surface area contributed by atoms with Gasteiger partial charge in [0.25, 0.3) is 5.91 Å². The number of halogens is 3. The van der Waals surface area contributed by atoms with Crippen LogP contribution in [-0.4, -0.2) is 85.8 Å². The lowest BCUT2D eigenvalue weighted by Gasteiger charge is -2.33. The van der Waals surface area contributed by atoms with Crippen molar-refractivity contribution < 1.29 is 61.4 Å². The van der Waals surface area contributed by atoms with Crippen molar-refractivity contribution in [1.29, 1.82) is 0 Å². The van der Waals surface area contributed by atoms with E-state index in [-0.39, 0.29) is 24.1 Å². The van der Waals surface area contributed by atoms with E-state index in [4.69, 9.17) is 10.2 Å². The van der Waals surface area contributed by atoms with Gasteiger partial charge in [-0.05, 0) is 30.9 Å². The second-order valence-corrected chi connectivity index (χ2v) is 12.6. The molecule has 4 atom stereocenters. The maximum Gasteiger partial charge on any atom is 0.417 e. The molecule has 21 heteroatoms. The molecule has 3 aromatic rings. The molecule has 0 spiro atoms. The van der Waals surface area contributed by atoms with Crippen LogP contribution in [-0.2, 0) is 46.2 Å². The molecule has 8 N–H and O–H groups in total. The van der Waals surface area contributed by atoms with Crippen molar-refractivity contribution in [3.8, 4) is 0 Å². The number of nitrogens with two attached hydrogens (primary N) is 1. The number of hydrogen-bond donors (Lipinski definition) is 7. The third-order valence-corrected chi connectivity index (χ3v) is 7.83. The summed E-state index contributed by atoms with van der Waals surface area (Å²) in [5.41, 5.74) is 1.74. The van der Waals surface area contributed by atoms with Crippen molar-refractivity contribution in [2.24, 2.45) is 11.7 Å². The summed E-state index contributed by atoms with van der Waals surface area (Å²) >= 11 is 0. The zero-order valence-corrected chi connectivity index (χ0v) is 29.1. The fourth-order valence-corrected chi connectivity index (χ4v) is 5.49. The Balaban J connectivity index is 2.16. The van der Waals surface area contributed by atoms with E-state index in [1.165, 1.54) is 12.5 Å². The number of anilines is 1. The Hall–Kier alpha value is -6.28. The number of amides is 5. The van der Waals surface area contributed by atoms with Gasteiger partial charge >= 0.3 is 23.7 Å². The number of imidazole rings is 1. The summed E-state index contributed by atoms with van der Waals surface area (Å²) in [5, 5.41) is 25.6. The normalized spacial score (nSPS) is 13.7. The molecule has 2 aromatic heterocycles. The van der Waals surface area contributed by atoms with Crippen molar-refractivity contribution in [2.75, 3.05) is 4.90 Å². The van der Waals surface area contributed by atoms with Gasteiger partial charge in [0.15, 0.2) is 0 Å². The molecule has 0 aliphatic carbocycles. The van der Waals surface area contributed by atoms with Gasteiger partial charge in [0.05, 0.1) is 18.3 Å². The number of primary amides is 1. The Morgan fingerprint density at radius 3 is 2.15 bits per heavy atom. The van der Waals surface area contributed by atoms with E-state index >= 15 is 0 Å².